The molecule has 2 heteroatoms. The topological polar surface area (TPSA) is 21.3 Å². The molecule has 112 valence electrons. The molecule has 5 unspecified atom stereocenters. The highest BCUT2D eigenvalue weighted by molar-refractivity contribution is 5.04. The van der Waals surface area contributed by atoms with Crippen molar-refractivity contribution in [2.24, 2.45) is 17.3 Å². The lowest BCUT2D eigenvalue weighted by atomic mass is 9.61. The van der Waals surface area contributed by atoms with E-state index in [1.165, 1.54) is 45.1 Å². The molecule has 0 radical (unpaired) electrons. The first kappa shape index (κ1) is 15.3. The molecule has 0 heterocycles. The second-order valence-electron chi connectivity index (χ2n) is 7.14. The second-order valence-corrected chi connectivity index (χ2v) is 7.14. The monoisotopic (exact) mass is 267 g/mol. The summed E-state index contributed by atoms with van der Waals surface area (Å²) in [6.45, 7) is 11.3. The molecular weight excluding hydrogens is 234 g/mol. The van der Waals surface area contributed by atoms with Gasteiger partial charge in [0.15, 0.2) is 0 Å². The van der Waals surface area contributed by atoms with Gasteiger partial charge in [0, 0.05) is 18.1 Å². The fourth-order valence-corrected chi connectivity index (χ4v) is 4.12. The minimum absolute atomic E-state index is 0.357. The van der Waals surface area contributed by atoms with Crippen molar-refractivity contribution in [3.63, 3.8) is 0 Å². The summed E-state index contributed by atoms with van der Waals surface area (Å²) in [6, 6.07) is 0.672. The van der Waals surface area contributed by atoms with Crippen molar-refractivity contribution in [1.82, 2.24) is 5.32 Å². The van der Waals surface area contributed by atoms with Gasteiger partial charge in [-0.05, 0) is 51.0 Å². The van der Waals surface area contributed by atoms with Crippen LogP contribution in [0.15, 0.2) is 0 Å². The van der Waals surface area contributed by atoms with Gasteiger partial charge in [0.2, 0.25) is 0 Å². The summed E-state index contributed by atoms with van der Waals surface area (Å²) < 4.78 is 5.88. The Kier molecular flexibility index (Phi) is 5.30. The summed E-state index contributed by atoms with van der Waals surface area (Å²) in [5.74, 6) is 1.85. The van der Waals surface area contributed by atoms with E-state index in [4.69, 9.17) is 4.74 Å². The quantitative estimate of drug-likeness (QED) is 0.785. The molecule has 0 aromatic rings. The number of rotatable bonds is 6. The van der Waals surface area contributed by atoms with Gasteiger partial charge >= 0.3 is 0 Å². The fraction of sp³-hybridized carbons (Fsp3) is 1.00. The molecule has 2 rings (SSSR count). The highest BCUT2D eigenvalue weighted by Crippen LogP contribution is 2.46. The van der Waals surface area contributed by atoms with Gasteiger partial charge in [-0.3, -0.25) is 0 Å². The fourth-order valence-electron chi connectivity index (χ4n) is 4.12. The Labute approximate surface area is 119 Å². The first-order valence-corrected chi connectivity index (χ1v) is 8.45. The predicted molar refractivity (Wildman–Crippen MR) is 81.3 cm³/mol. The Morgan fingerprint density at radius 1 is 1.21 bits per heavy atom. The minimum Gasteiger partial charge on any atom is -0.378 e. The molecule has 0 aromatic carbocycles. The molecule has 2 aliphatic rings. The normalized spacial score (nSPS) is 42.9. The SMILES string of the molecule is CCOC1CC(NCC2CCCC(C)C2)C1(C)CC. The van der Waals surface area contributed by atoms with Crippen molar-refractivity contribution < 1.29 is 4.74 Å². The summed E-state index contributed by atoms with van der Waals surface area (Å²) >= 11 is 0. The van der Waals surface area contributed by atoms with E-state index in [2.05, 4.69) is 33.0 Å². The molecule has 1 N–H and O–H groups in total. The van der Waals surface area contributed by atoms with Crippen LogP contribution in [0.2, 0.25) is 0 Å². The maximum atomic E-state index is 5.88. The number of nitrogens with one attached hydrogen (secondary N) is 1. The lowest BCUT2D eigenvalue weighted by molar-refractivity contribution is -0.126. The highest BCUT2D eigenvalue weighted by atomic mass is 16.5. The Hall–Kier alpha value is -0.0800. The molecule has 19 heavy (non-hydrogen) atoms. The summed E-state index contributed by atoms with van der Waals surface area (Å²) in [4.78, 5) is 0. The van der Waals surface area contributed by atoms with Crippen molar-refractivity contribution in [3.8, 4) is 0 Å². The van der Waals surface area contributed by atoms with Crippen LogP contribution >= 0.6 is 0 Å². The third kappa shape index (κ3) is 3.33. The summed E-state index contributed by atoms with van der Waals surface area (Å²) in [5.41, 5.74) is 0.357. The van der Waals surface area contributed by atoms with Gasteiger partial charge in [0.25, 0.3) is 0 Å². The first-order valence-electron chi connectivity index (χ1n) is 8.45. The van der Waals surface area contributed by atoms with Crippen LogP contribution in [0.5, 0.6) is 0 Å². The Morgan fingerprint density at radius 2 is 2.00 bits per heavy atom. The van der Waals surface area contributed by atoms with E-state index in [0.29, 0.717) is 17.6 Å². The maximum Gasteiger partial charge on any atom is 0.0658 e. The van der Waals surface area contributed by atoms with E-state index in [1.807, 2.05) is 0 Å². The van der Waals surface area contributed by atoms with E-state index in [1.54, 1.807) is 0 Å². The van der Waals surface area contributed by atoms with Gasteiger partial charge in [0.1, 0.15) is 0 Å². The van der Waals surface area contributed by atoms with Crippen LogP contribution in [0.4, 0.5) is 0 Å². The van der Waals surface area contributed by atoms with Crippen molar-refractivity contribution in [3.05, 3.63) is 0 Å². The lowest BCUT2D eigenvalue weighted by Gasteiger charge is -2.54. The standard InChI is InChI=1S/C17H33NO/c1-5-17(4)15(11-16(17)19-6-2)18-12-14-9-7-8-13(3)10-14/h13-16,18H,5-12H2,1-4H3. The van der Waals surface area contributed by atoms with Crippen LogP contribution in [-0.2, 0) is 4.74 Å². The van der Waals surface area contributed by atoms with Crippen molar-refractivity contribution >= 4 is 0 Å². The molecule has 0 amide bonds. The van der Waals surface area contributed by atoms with Crippen LogP contribution in [0.1, 0.15) is 66.2 Å². The van der Waals surface area contributed by atoms with Gasteiger partial charge in [-0.25, -0.2) is 0 Å². The highest BCUT2D eigenvalue weighted by Gasteiger charge is 2.50. The van der Waals surface area contributed by atoms with Gasteiger partial charge in [0.05, 0.1) is 6.10 Å². The van der Waals surface area contributed by atoms with E-state index in [0.717, 1.165) is 18.4 Å². The van der Waals surface area contributed by atoms with E-state index >= 15 is 0 Å². The molecule has 0 aromatic heterocycles. The van der Waals surface area contributed by atoms with Crippen LogP contribution in [0, 0.1) is 17.3 Å². The molecule has 2 fully saturated rings. The Morgan fingerprint density at radius 3 is 2.63 bits per heavy atom. The van der Waals surface area contributed by atoms with Gasteiger partial charge in [-0.2, -0.15) is 0 Å². The number of ether oxygens (including phenoxy) is 1. The van der Waals surface area contributed by atoms with Crippen molar-refractivity contribution in [2.45, 2.75) is 78.4 Å². The van der Waals surface area contributed by atoms with E-state index in [9.17, 15) is 0 Å². The largest absolute Gasteiger partial charge is 0.378 e. The van der Waals surface area contributed by atoms with Gasteiger partial charge in [-0.15, -0.1) is 0 Å². The maximum absolute atomic E-state index is 5.88. The zero-order chi connectivity index (χ0) is 13.9. The third-order valence-electron chi connectivity index (χ3n) is 5.81. The average Bonchev–Trinajstić information content (AvgIpc) is 2.41. The second kappa shape index (κ2) is 6.58. The summed E-state index contributed by atoms with van der Waals surface area (Å²) in [6.07, 6.45) is 8.64. The smallest absolute Gasteiger partial charge is 0.0658 e. The third-order valence-corrected chi connectivity index (χ3v) is 5.81. The van der Waals surface area contributed by atoms with Crippen molar-refractivity contribution in [2.75, 3.05) is 13.2 Å². The Bertz CT molecular complexity index is 280. The molecule has 0 aliphatic heterocycles. The van der Waals surface area contributed by atoms with Gasteiger partial charge in [-0.1, -0.05) is 33.6 Å². The van der Waals surface area contributed by atoms with Crippen LogP contribution in [0.25, 0.3) is 0 Å². The first-order chi connectivity index (χ1) is 9.10. The molecule has 2 nitrogen and oxygen atoms in total. The molecule has 2 aliphatic carbocycles. The minimum atomic E-state index is 0.357. The van der Waals surface area contributed by atoms with Crippen LogP contribution in [0.3, 0.4) is 0 Å². The number of hydrogen-bond acceptors (Lipinski definition) is 2. The molecule has 0 spiro atoms. The van der Waals surface area contributed by atoms with Gasteiger partial charge < -0.3 is 10.1 Å². The van der Waals surface area contributed by atoms with Crippen LogP contribution < -0.4 is 5.32 Å². The van der Waals surface area contributed by atoms with E-state index in [-0.39, 0.29) is 0 Å². The number of hydrogen-bond donors (Lipinski definition) is 1. The Balaban J connectivity index is 1.77. The molecule has 0 bridgehead atoms. The van der Waals surface area contributed by atoms with Crippen molar-refractivity contribution in [1.29, 1.82) is 0 Å². The molecule has 0 saturated heterocycles. The van der Waals surface area contributed by atoms with E-state index < -0.39 is 0 Å². The summed E-state index contributed by atoms with van der Waals surface area (Å²) in [7, 11) is 0. The molecular formula is C17H33NO. The predicted octanol–water partition coefficient (Wildman–Crippen LogP) is 4.00. The zero-order valence-corrected chi connectivity index (χ0v) is 13.4. The molecule has 2 saturated carbocycles. The lowest BCUT2D eigenvalue weighted by Crippen LogP contribution is -2.62. The molecule has 5 atom stereocenters. The van der Waals surface area contributed by atoms with Crippen LogP contribution in [-0.4, -0.2) is 25.3 Å². The zero-order valence-electron chi connectivity index (χ0n) is 13.4. The summed E-state index contributed by atoms with van der Waals surface area (Å²) in [5, 5.41) is 3.86. The average molecular weight is 267 g/mol.